The van der Waals surface area contributed by atoms with E-state index in [1.807, 2.05) is 26.0 Å². The van der Waals surface area contributed by atoms with Gasteiger partial charge in [0.05, 0.1) is 0 Å². The van der Waals surface area contributed by atoms with Gasteiger partial charge in [-0.1, -0.05) is 6.07 Å². The fourth-order valence-electron chi connectivity index (χ4n) is 0.876. The summed E-state index contributed by atoms with van der Waals surface area (Å²) in [4.78, 5) is 14.7. The average molecular weight is 150 g/mol. The summed E-state index contributed by atoms with van der Waals surface area (Å²) in [6, 6.07) is 3.68. The van der Waals surface area contributed by atoms with E-state index in [2.05, 4.69) is 4.98 Å². The highest BCUT2D eigenvalue weighted by Gasteiger charge is 2.05. The van der Waals surface area contributed by atoms with Crippen molar-refractivity contribution in [2.45, 2.75) is 13.8 Å². The molecule has 3 heteroatoms. The van der Waals surface area contributed by atoms with Gasteiger partial charge >= 0.3 is 0 Å². The van der Waals surface area contributed by atoms with E-state index in [1.54, 1.807) is 0 Å². The summed E-state index contributed by atoms with van der Waals surface area (Å²) in [6.45, 7) is 3.64. The summed E-state index contributed by atoms with van der Waals surface area (Å²) in [5.41, 5.74) is 7.08. The molecule has 1 amide bonds. The van der Waals surface area contributed by atoms with Gasteiger partial charge in [0.15, 0.2) is 0 Å². The van der Waals surface area contributed by atoms with E-state index in [0.29, 0.717) is 5.69 Å². The van der Waals surface area contributed by atoms with Crippen LogP contribution in [-0.4, -0.2) is 10.9 Å². The highest BCUT2D eigenvalue weighted by molar-refractivity contribution is 5.92. The number of nitrogens with zero attached hydrogens (tertiary/aromatic N) is 1. The van der Waals surface area contributed by atoms with E-state index in [9.17, 15) is 4.79 Å². The molecule has 0 unspecified atom stereocenters. The van der Waals surface area contributed by atoms with E-state index in [0.717, 1.165) is 11.3 Å². The molecule has 1 heterocycles. The molecular weight excluding hydrogens is 140 g/mol. The van der Waals surface area contributed by atoms with Crippen LogP contribution in [0, 0.1) is 13.8 Å². The van der Waals surface area contributed by atoms with Gasteiger partial charge in [-0.3, -0.25) is 4.79 Å². The Labute approximate surface area is 65.2 Å². The Hall–Kier alpha value is -1.38. The number of pyridine rings is 1. The highest BCUT2D eigenvalue weighted by Crippen LogP contribution is 2.04. The van der Waals surface area contributed by atoms with Gasteiger partial charge in [0.2, 0.25) is 0 Å². The number of carbonyl (C=O) groups excluding carboxylic acids is 1. The summed E-state index contributed by atoms with van der Waals surface area (Å²) < 4.78 is 0. The zero-order valence-corrected chi connectivity index (χ0v) is 6.59. The van der Waals surface area contributed by atoms with Crippen molar-refractivity contribution in [1.82, 2.24) is 4.98 Å². The van der Waals surface area contributed by atoms with Crippen LogP contribution in [0.25, 0.3) is 0 Å². The van der Waals surface area contributed by atoms with E-state index in [-0.39, 0.29) is 0 Å². The molecule has 0 aromatic carbocycles. The zero-order chi connectivity index (χ0) is 8.43. The third-order valence-electron chi connectivity index (χ3n) is 1.47. The Bertz CT molecular complexity index is 294. The lowest BCUT2D eigenvalue weighted by Gasteiger charge is -2.00. The predicted octanol–water partition coefficient (Wildman–Crippen LogP) is 0.797. The molecular formula is C8H10N2O. The van der Waals surface area contributed by atoms with E-state index in [1.165, 1.54) is 0 Å². The standard InChI is InChI=1S/C8H10N2O/c1-5-3-4-6(2)10-7(5)8(9)11/h3-4H,1-2H3,(H2,9,11). The first-order valence-electron chi connectivity index (χ1n) is 3.35. The smallest absolute Gasteiger partial charge is 0.267 e. The van der Waals surface area contributed by atoms with E-state index in [4.69, 9.17) is 5.73 Å². The number of hydrogen-bond donors (Lipinski definition) is 1. The van der Waals surface area contributed by atoms with Crippen LogP contribution in [0.4, 0.5) is 0 Å². The number of primary amides is 1. The Morgan fingerprint density at radius 2 is 2.09 bits per heavy atom. The molecule has 2 N–H and O–H groups in total. The second-order valence-corrected chi connectivity index (χ2v) is 2.48. The van der Waals surface area contributed by atoms with Crippen molar-refractivity contribution in [3.05, 3.63) is 29.1 Å². The van der Waals surface area contributed by atoms with Gasteiger partial charge in [-0.15, -0.1) is 0 Å². The number of carbonyl (C=O) groups is 1. The van der Waals surface area contributed by atoms with Crippen molar-refractivity contribution in [1.29, 1.82) is 0 Å². The zero-order valence-electron chi connectivity index (χ0n) is 6.59. The van der Waals surface area contributed by atoms with Crippen molar-refractivity contribution in [3.8, 4) is 0 Å². The molecule has 1 rings (SSSR count). The molecule has 1 aromatic rings. The molecule has 11 heavy (non-hydrogen) atoms. The lowest BCUT2D eigenvalue weighted by molar-refractivity contribution is 0.0995. The van der Waals surface area contributed by atoms with Gasteiger partial charge in [-0.25, -0.2) is 4.98 Å². The Morgan fingerprint density at radius 1 is 1.45 bits per heavy atom. The molecule has 0 aliphatic rings. The van der Waals surface area contributed by atoms with E-state index >= 15 is 0 Å². The van der Waals surface area contributed by atoms with Crippen LogP contribution < -0.4 is 5.73 Å². The minimum Gasteiger partial charge on any atom is -0.364 e. The highest BCUT2D eigenvalue weighted by atomic mass is 16.1. The normalized spacial score (nSPS) is 9.64. The van der Waals surface area contributed by atoms with Gasteiger partial charge in [0.25, 0.3) is 5.91 Å². The molecule has 0 fully saturated rings. The van der Waals surface area contributed by atoms with Crippen molar-refractivity contribution in [3.63, 3.8) is 0 Å². The van der Waals surface area contributed by atoms with Gasteiger partial charge in [0, 0.05) is 5.69 Å². The van der Waals surface area contributed by atoms with Crippen LogP contribution in [-0.2, 0) is 0 Å². The van der Waals surface area contributed by atoms with E-state index < -0.39 is 5.91 Å². The van der Waals surface area contributed by atoms with Crippen LogP contribution in [0.1, 0.15) is 21.7 Å². The molecule has 58 valence electrons. The second kappa shape index (κ2) is 2.70. The first-order valence-corrected chi connectivity index (χ1v) is 3.35. The van der Waals surface area contributed by atoms with Gasteiger partial charge in [0.1, 0.15) is 5.69 Å². The lowest BCUT2D eigenvalue weighted by atomic mass is 10.2. The quantitative estimate of drug-likeness (QED) is 0.643. The van der Waals surface area contributed by atoms with Crippen LogP contribution in [0.2, 0.25) is 0 Å². The molecule has 0 saturated heterocycles. The maximum Gasteiger partial charge on any atom is 0.267 e. The minimum atomic E-state index is -0.466. The van der Waals surface area contributed by atoms with Crippen molar-refractivity contribution in [2.24, 2.45) is 5.73 Å². The third kappa shape index (κ3) is 1.55. The van der Waals surface area contributed by atoms with Crippen LogP contribution in [0.5, 0.6) is 0 Å². The predicted molar refractivity (Wildman–Crippen MR) is 42.2 cm³/mol. The van der Waals surface area contributed by atoms with Gasteiger partial charge < -0.3 is 5.73 Å². The SMILES string of the molecule is Cc1ccc(C)c(C(N)=O)n1. The topological polar surface area (TPSA) is 56.0 Å². The first-order chi connectivity index (χ1) is 5.11. The average Bonchev–Trinajstić information content (AvgIpc) is 1.94. The molecule has 0 atom stereocenters. The van der Waals surface area contributed by atoms with Crippen LogP contribution in [0.15, 0.2) is 12.1 Å². The summed E-state index contributed by atoms with van der Waals surface area (Å²) in [6.07, 6.45) is 0. The molecule has 0 radical (unpaired) electrons. The van der Waals surface area contributed by atoms with Crippen LogP contribution >= 0.6 is 0 Å². The summed E-state index contributed by atoms with van der Waals surface area (Å²) in [5.74, 6) is -0.466. The van der Waals surface area contributed by atoms with Gasteiger partial charge in [-0.05, 0) is 25.5 Å². The largest absolute Gasteiger partial charge is 0.364 e. The lowest BCUT2D eigenvalue weighted by Crippen LogP contribution is -2.15. The van der Waals surface area contributed by atoms with Gasteiger partial charge in [-0.2, -0.15) is 0 Å². The molecule has 0 aliphatic heterocycles. The molecule has 3 nitrogen and oxygen atoms in total. The number of rotatable bonds is 1. The number of amides is 1. The van der Waals surface area contributed by atoms with Crippen molar-refractivity contribution in [2.75, 3.05) is 0 Å². The maximum atomic E-state index is 10.7. The summed E-state index contributed by atoms with van der Waals surface area (Å²) >= 11 is 0. The third-order valence-corrected chi connectivity index (χ3v) is 1.47. The molecule has 0 saturated carbocycles. The molecule has 0 aliphatic carbocycles. The second-order valence-electron chi connectivity index (χ2n) is 2.48. The maximum absolute atomic E-state index is 10.7. The molecule has 1 aromatic heterocycles. The van der Waals surface area contributed by atoms with Crippen molar-refractivity contribution >= 4 is 5.91 Å². The minimum absolute atomic E-state index is 0.366. The number of aromatic nitrogens is 1. The molecule has 0 spiro atoms. The summed E-state index contributed by atoms with van der Waals surface area (Å²) in [5, 5.41) is 0. The fourth-order valence-corrected chi connectivity index (χ4v) is 0.876. The fraction of sp³-hybridized carbons (Fsp3) is 0.250. The Morgan fingerprint density at radius 3 is 2.55 bits per heavy atom. The monoisotopic (exact) mass is 150 g/mol. The Balaban J connectivity index is 3.23. The van der Waals surface area contributed by atoms with Crippen molar-refractivity contribution < 1.29 is 4.79 Å². The molecule has 0 bridgehead atoms. The Kier molecular flexibility index (Phi) is 1.89. The van der Waals surface area contributed by atoms with Crippen LogP contribution in [0.3, 0.4) is 0 Å². The number of hydrogen-bond acceptors (Lipinski definition) is 2. The number of nitrogens with two attached hydrogens (primary N) is 1. The summed E-state index contributed by atoms with van der Waals surface area (Å²) in [7, 11) is 0. The first kappa shape index (κ1) is 7.72. The number of aryl methyl sites for hydroxylation is 2.